The molecule has 1 N–H and O–H groups in total. The average Bonchev–Trinajstić information content (AvgIpc) is 3.07. The second-order valence-corrected chi connectivity index (χ2v) is 5.66. The van der Waals surface area contributed by atoms with Crippen molar-refractivity contribution in [3.05, 3.63) is 34.8 Å². The standard InChI is InChI=1S/C14H11F2N3O2S/c1-7-12-8(13(15)16)5-9(10-3-2-4-22-10)17-14(12)19(18-7)6-11(20)21/h2-5,13H,6H2,1H3,(H,20,21). The number of aromatic nitrogens is 3. The number of aliphatic carboxylic acids is 1. The van der Waals surface area contributed by atoms with Crippen molar-refractivity contribution < 1.29 is 18.7 Å². The highest BCUT2D eigenvalue weighted by Gasteiger charge is 2.21. The van der Waals surface area contributed by atoms with E-state index in [0.717, 1.165) is 9.56 Å². The predicted octanol–water partition coefficient (Wildman–Crippen LogP) is 3.49. The number of halogens is 2. The Balaban J connectivity index is 2.31. The summed E-state index contributed by atoms with van der Waals surface area (Å²) in [5, 5.41) is 15.0. The van der Waals surface area contributed by atoms with Gasteiger partial charge in [0.05, 0.1) is 21.7 Å². The van der Waals surface area contributed by atoms with E-state index in [2.05, 4.69) is 10.1 Å². The Hall–Kier alpha value is -2.35. The molecule has 3 aromatic heterocycles. The van der Waals surface area contributed by atoms with E-state index in [9.17, 15) is 13.6 Å². The molecule has 0 spiro atoms. The molecule has 0 aliphatic rings. The first kappa shape index (κ1) is 14.6. The summed E-state index contributed by atoms with van der Waals surface area (Å²) in [5.41, 5.74) is 0.727. The summed E-state index contributed by atoms with van der Waals surface area (Å²) in [5.74, 6) is -1.11. The van der Waals surface area contributed by atoms with Gasteiger partial charge in [-0.1, -0.05) is 6.07 Å². The van der Waals surface area contributed by atoms with Crippen molar-refractivity contribution in [3.8, 4) is 10.6 Å². The Morgan fingerprint density at radius 1 is 1.50 bits per heavy atom. The van der Waals surface area contributed by atoms with E-state index in [1.165, 1.54) is 17.4 Å². The van der Waals surface area contributed by atoms with Crippen LogP contribution in [0.5, 0.6) is 0 Å². The zero-order valence-corrected chi connectivity index (χ0v) is 12.3. The van der Waals surface area contributed by atoms with Crippen LogP contribution in [0.3, 0.4) is 0 Å². The molecule has 3 heterocycles. The molecule has 0 bridgehead atoms. The fourth-order valence-corrected chi connectivity index (χ4v) is 3.03. The fourth-order valence-electron chi connectivity index (χ4n) is 2.35. The van der Waals surface area contributed by atoms with Crippen LogP contribution in [0.15, 0.2) is 23.6 Å². The maximum atomic E-state index is 13.4. The van der Waals surface area contributed by atoms with Gasteiger partial charge in [-0.2, -0.15) is 5.10 Å². The van der Waals surface area contributed by atoms with Gasteiger partial charge in [0, 0.05) is 5.56 Å². The van der Waals surface area contributed by atoms with E-state index >= 15 is 0 Å². The van der Waals surface area contributed by atoms with Crippen molar-refractivity contribution in [2.45, 2.75) is 19.9 Å². The molecule has 3 rings (SSSR count). The maximum absolute atomic E-state index is 13.4. The lowest BCUT2D eigenvalue weighted by Crippen LogP contribution is -2.10. The van der Waals surface area contributed by atoms with Gasteiger partial charge in [0.2, 0.25) is 0 Å². The number of fused-ring (bicyclic) bond motifs is 1. The summed E-state index contributed by atoms with van der Waals surface area (Å²) < 4.78 is 27.9. The van der Waals surface area contributed by atoms with E-state index in [1.807, 2.05) is 5.38 Å². The number of nitrogens with zero attached hydrogens (tertiary/aromatic N) is 3. The van der Waals surface area contributed by atoms with Crippen LogP contribution >= 0.6 is 11.3 Å². The summed E-state index contributed by atoms with van der Waals surface area (Å²) in [7, 11) is 0. The first-order chi connectivity index (χ1) is 10.5. The van der Waals surface area contributed by atoms with Gasteiger partial charge >= 0.3 is 5.97 Å². The second kappa shape index (κ2) is 5.45. The summed E-state index contributed by atoms with van der Waals surface area (Å²) in [6, 6.07) is 4.92. The number of thiophene rings is 1. The molecule has 22 heavy (non-hydrogen) atoms. The van der Waals surface area contributed by atoms with Crippen LogP contribution in [0.1, 0.15) is 17.7 Å². The topological polar surface area (TPSA) is 68.0 Å². The lowest BCUT2D eigenvalue weighted by atomic mass is 10.1. The van der Waals surface area contributed by atoms with Crippen molar-refractivity contribution >= 4 is 28.3 Å². The van der Waals surface area contributed by atoms with Crippen LogP contribution in [0.4, 0.5) is 8.78 Å². The van der Waals surface area contributed by atoms with Crippen molar-refractivity contribution in [1.29, 1.82) is 0 Å². The zero-order valence-electron chi connectivity index (χ0n) is 11.5. The van der Waals surface area contributed by atoms with Crippen LogP contribution in [0.25, 0.3) is 21.6 Å². The van der Waals surface area contributed by atoms with Crippen LogP contribution < -0.4 is 0 Å². The summed E-state index contributed by atoms with van der Waals surface area (Å²) in [6.45, 7) is 1.15. The molecule has 8 heteroatoms. The average molecular weight is 323 g/mol. The Labute approximate surface area is 127 Å². The fraction of sp³-hybridized carbons (Fsp3) is 0.214. The van der Waals surface area contributed by atoms with Crippen molar-refractivity contribution in [3.63, 3.8) is 0 Å². The maximum Gasteiger partial charge on any atom is 0.325 e. The monoisotopic (exact) mass is 323 g/mol. The number of alkyl halides is 2. The predicted molar refractivity (Wildman–Crippen MR) is 78.2 cm³/mol. The number of rotatable bonds is 4. The third-order valence-corrected chi connectivity index (χ3v) is 4.09. The Kier molecular flexibility index (Phi) is 3.61. The van der Waals surface area contributed by atoms with Gasteiger partial charge in [0.25, 0.3) is 6.43 Å². The zero-order chi connectivity index (χ0) is 15.9. The van der Waals surface area contributed by atoms with Crippen LogP contribution in [0, 0.1) is 6.92 Å². The Morgan fingerprint density at radius 2 is 2.27 bits per heavy atom. The first-order valence-corrected chi connectivity index (χ1v) is 7.27. The second-order valence-electron chi connectivity index (χ2n) is 4.71. The van der Waals surface area contributed by atoms with Gasteiger partial charge < -0.3 is 5.11 Å². The molecule has 0 aliphatic carbocycles. The molecule has 114 valence electrons. The summed E-state index contributed by atoms with van der Waals surface area (Å²) >= 11 is 1.38. The van der Waals surface area contributed by atoms with Crippen molar-refractivity contribution in [2.24, 2.45) is 0 Å². The normalized spacial score (nSPS) is 11.5. The van der Waals surface area contributed by atoms with Crippen LogP contribution in [-0.4, -0.2) is 25.8 Å². The van der Waals surface area contributed by atoms with Gasteiger partial charge in [0.15, 0.2) is 5.65 Å². The molecule has 0 saturated heterocycles. The molecule has 5 nitrogen and oxygen atoms in total. The molecule has 0 saturated carbocycles. The number of carboxylic acids is 1. The van der Waals surface area contributed by atoms with Gasteiger partial charge in [-0.3, -0.25) is 4.79 Å². The molecule has 0 atom stereocenters. The Morgan fingerprint density at radius 3 is 2.86 bits per heavy atom. The highest BCUT2D eigenvalue weighted by atomic mass is 32.1. The van der Waals surface area contributed by atoms with Gasteiger partial charge in [0.1, 0.15) is 6.54 Å². The molecule has 0 unspecified atom stereocenters. The smallest absolute Gasteiger partial charge is 0.325 e. The van der Waals surface area contributed by atoms with Crippen molar-refractivity contribution in [2.75, 3.05) is 0 Å². The Bertz CT molecular complexity index is 844. The van der Waals surface area contributed by atoms with Crippen LogP contribution in [0.2, 0.25) is 0 Å². The minimum atomic E-state index is -2.69. The number of carbonyl (C=O) groups is 1. The molecule has 0 amide bonds. The number of carboxylic acid groups (broad SMARTS) is 1. The quantitative estimate of drug-likeness (QED) is 0.798. The van der Waals surface area contributed by atoms with Crippen LogP contribution in [-0.2, 0) is 11.3 Å². The number of pyridine rings is 1. The third kappa shape index (κ3) is 2.45. The largest absolute Gasteiger partial charge is 0.480 e. The molecule has 0 fully saturated rings. The molecular formula is C14H11F2N3O2S. The van der Waals surface area contributed by atoms with E-state index < -0.39 is 18.9 Å². The summed E-state index contributed by atoms with van der Waals surface area (Å²) in [4.78, 5) is 16.0. The molecule has 0 aliphatic heterocycles. The highest BCUT2D eigenvalue weighted by molar-refractivity contribution is 7.13. The van der Waals surface area contributed by atoms with Gasteiger partial charge in [-0.25, -0.2) is 18.4 Å². The number of aryl methyl sites for hydroxylation is 1. The van der Waals surface area contributed by atoms with E-state index in [-0.39, 0.29) is 16.6 Å². The van der Waals surface area contributed by atoms with E-state index in [4.69, 9.17) is 5.11 Å². The van der Waals surface area contributed by atoms with Crippen molar-refractivity contribution in [1.82, 2.24) is 14.8 Å². The first-order valence-electron chi connectivity index (χ1n) is 6.39. The van der Waals surface area contributed by atoms with E-state index in [0.29, 0.717) is 11.4 Å². The lowest BCUT2D eigenvalue weighted by molar-refractivity contribution is -0.137. The van der Waals surface area contributed by atoms with Gasteiger partial charge in [-0.05, 0) is 24.4 Å². The molecular weight excluding hydrogens is 312 g/mol. The SMILES string of the molecule is Cc1nn(CC(=O)O)c2nc(-c3cccs3)cc(C(F)F)c12. The van der Waals surface area contributed by atoms with E-state index in [1.54, 1.807) is 19.1 Å². The molecule has 3 aromatic rings. The minimum absolute atomic E-state index is 0.168. The number of hydrogen-bond donors (Lipinski definition) is 1. The minimum Gasteiger partial charge on any atom is -0.480 e. The molecule has 0 radical (unpaired) electrons. The highest BCUT2D eigenvalue weighted by Crippen LogP contribution is 2.34. The summed E-state index contributed by atoms with van der Waals surface area (Å²) in [6.07, 6.45) is -2.69. The molecule has 0 aromatic carbocycles. The van der Waals surface area contributed by atoms with Gasteiger partial charge in [-0.15, -0.1) is 11.3 Å². The third-order valence-electron chi connectivity index (χ3n) is 3.20. The number of hydrogen-bond acceptors (Lipinski definition) is 4. The lowest BCUT2D eigenvalue weighted by Gasteiger charge is -2.06.